The monoisotopic (exact) mass is 271 g/mol. The molecule has 2 N–H and O–H groups in total. The molecule has 1 aromatic heterocycles. The highest BCUT2D eigenvalue weighted by atomic mass is 32.1. The molecule has 18 heavy (non-hydrogen) atoms. The fraction of sp³-hybridized carbons (Fsp3) is 0.667. The number of carbonyl (C=O) groups is 1. The third-order valence-electron chi connectivity index (χ3n) is 2.40. The fourth-order valence-electron chi connectivity index (χ4n) is 1.56. The van der Waals surface area contributed by atoms with Crippen LogP contribution >= 0.6 is 11.3 Å². The summed E-state index contributed by atoms with van der Waals surface area (Å²) in [5.74, 6) is -0.133. The van der Waals surface area contributed by atoms with E-state index in [0.29, 0.717) is 12.2 Å². The Morgan fingerprint density at radius 3 is 2.72 bits per heavy atom. The second kappa shape index (κ2) is 6.70. The summed E-state index contributed by atoms with van der Waals surface area (Å²) in [6, 6.07) is 0.0383. The van der Waals surface area contributed by atoms with E-state index in [9.17, 15) is 9.90 Å². The smallest absolute Gasteiger partial charge is 0.273 e. The third-order valence-corrected chi connectivity index (χ3v) is 3.20. The van der Waals surface area contributed by atoms with Gasteiger partial charge in [-0.1, -0.05) is 0 Å². The Balaban J connectivity index is 2.81. The van der Waals surface area contributed by atoms with Crippen LogP contribution in [0.15, 0.2) is 5.38 Å². The summed E-state index contributed by atoms with van der Waals surface area (Å²) in [5, 5.41) is 15.0. The molecule has 0 aliphatic heterocycles. The lowest BCUT2D eigenvalue weighted by Crippen LogP contribution is -2.41. The summed E-state index contributed by atoms with van der Waals surface area (Å²) in [6.07, 6.45) is -0.539. The normalized spacial score (nSPS) is 12.6. The zero-order valence-corrected chi connectivity index (χ0v) is 12.1. The highest BCUT2D eigenvalue weighted by Gasteiger charge is 2.22. The summed E-state index contributed by atoms with van der Waals surface area (Å²) < 4.78 is 0. The molecule has 0 fully saturated rings. The molecule has 0 bridgehead atoms. The molecular formula is C12H21N3O2S. The van der Waals surface area contributed by atoms with E-state index in [1.165, 1.54) is 11.3 Å². The van der Waals surface area contributed by atoms with Crippen LogP contribution in [0.4, 0.5) is 5.13 Å². The summed E-state index contributed by atoms with van der Waals surface area (Å²) in [7, 11) is 0. The van der Waals surface area contributed by atoms with Crippen molar-refractivity contribution in [3.8, 4) is 0 Å². The number of rotatable bonds is 6. The standard InChI is InChI=1S/C12H21N3O2S/c1-5-13-12-14-10(7-18-12)11(17)15(8(2)3)6-9(4)16/h7-9,16H,5-6H2,1-4H3,(H,13,14). The number of nitrogens with one attached hydrogen (secondary N) is 1. The lowest BCUT2D eigenvalue weighted by atomic mass is 10.2. The second-order valence-corrected chi connectivity index (χ2v) is 5.33. The lowest BCUT2D eigenvalue weighted by Gasteiger charge is -2.27. The zero-order valence-electron chi connectivity index (χ0n) is 11.3. The minimum atomic E-state index is -0.539. The van der Waals surface area contributed by atoms with Crippen molar-refractivity contribution < 1.29 is 9.90 Å². The van der Waals surface area contributed by atoms with E-state index in [0.717, 1.165) is 11.7 Å². The number of hydrogen-bond donors (Lipinski definition) is 2. The summed E-state index contributed by atoms with van der Waals surface area (Å²) in [4.78, 5) is 18.2. The maximum atomic E-state index is 12.3. The van der Waals surface area contributed by atoms with Gasteiger partial charge in [0.05, 0.1) is 6.10 Å². The van der Waals surface area contributed by atoms with E-state index in [1.54, 1.807) is 17.2 Å². The predicted octanol–water partition coefficient (Wildman–Crippen LogP) is 1.81. The summed E-state index contributed by atoms with van der Waals surface area (Å²) in [6.45, 7) is 8.62. The molecule has 1 amide bonds. The number of nitrogens with zero attached hydrogens (tertiary/aromatic N) is 2. The van der Waals surface area contributed by atoms with Crippen molar-refractivity contribution in [2.45, 2.75) is 39.8 Å². The van der Waals surface area contributed by atoms with Crippen LogP contribution in [0.5, 0.6) is 0 Å². The highest BCUT2D eigenvalue weighted by Crippen LogP contribution is 2.17. The van der Waals surface area contributed by atoms with Crippen molar-refractivity contribution in [2.24, 2.45) is 0 Å². The number of aliphatic hydroxyl groups is 1. The summed E-state index contributed by atoms with van der Waals surface area (Å²) in [5.41, 5.74) is 0.435. The Bertz CT molecular complexity index is 390. The van der Waals surface area contributed by atoms with Crippen LogP contribution in [0.1, 0.15) is 38.2 Å². The van der Waals surface area contributed by atoms with E-state index in [1.807, 2.05) is 20.8 Å². The molecule has 0 radical (unpaired) electrons. The van der Waals surface area contributed by atoms with Crippen molar-refractivity contribution >= 4 is 22.4 Å². The Morgan fingerprint density at radius 2 is 2.22 bits per heavy atom. The number of carbonyl (C=O) groups excluding carboxylic acids is 1. The van der Waals surface area contributed by atoms with Crippen LogP contribution < -0.4 is 5.32 Å². The number of amides is 1. The van der Waals surface area contributed by atoms with Gasteiger partial charge in [-0.3, -0.25) is 4.79 Å². The molecule has 0 spiro atoms. The Hall–Kier alpha value is -1.14. The van der Waals surface area contributed by atoms with Gasteiger partial charge >= 0.3 is 0 Å². The minimum absolute atomic E-state index is 0.0383. The van der Waals surface area contributed by atoms with E-state index in [4.69, 9.17) is 0 Å². The Labute approximate surface area is 112 Å². The van der Waals surface area contributed by atoms with Gasteiger partial charge in [0.25, 0.3) is 5.91 Å². The quantitative estimate of drug-likeness (QED) is 0.828. The Kier molecular flexibility index (Phi) is 5.55. The van der Waals surface area contributed by atoms with Crippen LogP contribution in [-0.2, 0) is 0 Å². The van der Waals surface area contributed by atoms with Gasteiger partial charge in [0.2, 0.25) is 0 Å². The number of aromatic nitrogens is 1. The third kappa shape index (κ3) is 3.96. The van der Waals surface area contributed by atoms with Gasteiger partial charge in [-0.05, 0) is 27.7 Å². The number of anilines is 1. The van der Waals surface area contributed by atoms with Gasteiger partial charge in [0, 0.05) is 24.5 Å². The number of aliphatic hydroxyl groups excluding tert-OH is 1. The first kappa shape index (κ1) is 14.9. The maximum Gasteiger partial charge on any atom is 0.273 e. The maximum absolute atomic E-state index is 12.3. The first-order valence-corrected chi connectivity index (χ1v) is 7.02. The molecular weight excluding hydrogens is 250 g/mol. The lowest BCUT2D eigenvalue weighted by molar-refractivity contribution is 0.0574. The van der Waals surface area contributed by atoms with Crippen molar-refractivity contribution in [1.29, 1.82) is 0 Å². The van der Waals surface area contributed by atoms with E-state index >= 15 is 0 Å². The first-order valence-electron chi connectivity index (χ1n) is 6.14. The van der Waals surface area contributed by atoms with Crippen molar-refractivity contribution in [1.82, 2.24) is 9.88 Å². The molecule has 1 heterocycles. The fourth-order valence-corrected chi connectivity index (χ4v) is 2.32. The molecule has 5 nitrogen and oxygen atoms in total. The van der Waals surface area contributed by atoms with E-state index < -0.39 is 6.10 Å². The topological polar surface area (TPSA) is 65.5 Å². The minimum Gasteiger partial charge on any atom is -0.392 e. The number of hydrogen-bond acceptors (Lipinski definition) is 5. The van der Waals surface area contributed by atoms with E-state index in [2.05, 4.69) is 10.3 Å². The average molecular weight is 271 g/mol. The SMILES string of the molecule is CCNc1nc(C(=O)N(CC(C)O)C(C)C)cs1. The van der Waals surface area contributed by atoms with Crippen LogP contribution in [0.25, 0.3) is 0 Å². The molecule has 1 rings (SSSR count). The first-order chi connectivity index (χ1) is 8.45. The molecule has 102 valence electrons. The van der Waals surface area contributed by atoms with Gasteiger partial charge < -0.3 is 15.3 Å². The molecule has 0 aliphatic carbocycles. The highest BCUT2D eigenvalue weighted by molar-refractivity contribution is 7.13. The van der Waals surface area contributed by atoms with Crippen LogP contribution in [0, 0.1) is 0 Å². The van der Waals surface area contributed by atoms with Crippen LogP contribution in [0.2, 0.25) is 0 Å². The van der Waals surface area contributed by atoms with Crippen molar-refractivity contribution in [3.63, 3.8) is 0 Å². The molecule has 0 aromatic carbocycles. The van der Waals surface area contributed by atoms with Gasteiger partial charge in [-0.2, -0.15) is 0 Å². The molecule has 1 unspecified atom stereocenters. The van der Waals surface area contributed by atoms with Gasteiger partial charge in [0.1, 0.15) is 5.69 Å². The zero-order chi connectivity index (χ0) is 13.7. The molecule has 6 heteroatoms. The summed E-state index contributed by atoms with van der Waals surface area (Å²) >= 11 is 1.42. The van der Waals surface area contributed by atoms with Crippen molar-refractivity contribution in [3.05, 3.63) is 11.1 Å². The molecule has 1 atom stereocenters. The molecule has 0 saturated heterocycles. The van der Waals surface area contributed by atoms with Crippen LogP contribution in [-0.4, -0.2) is 46.1 Å². The van der Waals surface area contributed by atoms with Gasteiger partial charge in [-0.25, -0.2) is 4.98 Å². The largest absolute Gasteiger partial charge is 0.392 e. The molecule has 1 aromatic rings. The average Bonchev–Trinajstić information content (AvgIpc) is 2.73. The molecule has 0 saturated carbocycles. The van der Waals surface area contributed by atoms with E-state index in [-0.39, 0.29) is 11.9 Å². The van der Waals surface area contributed by atoms with Gasteiger partial charge in [0.15, 0.2) is 5.13 Å². The number of thiazole rings is 1. The Morgan fingerprint density at radius 1 is 1.56 bits per heavy atom. The molecule has 0 aliphatic rings. The second-order valence-electron chi connectivity index (χ2n) is 4.47. The predicted molar refractivity (Wildman–Crippen MR) is 74.1 cm³/mol. The van der Waals surface area contributed by atoms with Gasteiger partial charge in [-0.15, -0.1) is 11.3 Å². The van der Waals surface area contributed by atoms with Crippen molar-refractivity contribution in [2.75, 3.05) is 18.4 Å². The van der Waals surface area contributed by atoms with Crippen LogP contribution in [0.3, 0.4) is 0 Å².